The van der Waals surface area contributed by atoms with Crippen molar-refractivity contribution in [3.8, 4) is 11.1 Å². The predicted molar refractivity (Wildman–Crippen MR) is 137 cm³/mol. The first-order valence-electron chi connectivity index (χ1n) is 10.9. The molecule has 0 saturated carbocycles. The van der Waals surface area contributed by atoms with Gasteiger partial charge in [-0.3, -0.25) is 0 Å². The maximum absolute atomic E-state index is 3.69. The second-order valence-corrected chi connectivity index (χ2v) is 8.50. The zero-order valence-electron chi connectivity index (χ0n) is 18.0. The molecule has 0 aliphatic heterocycles. The van der Waals surface area contributed by atoms with Gasteiger partial charge in [0, 0.05) is 32.7 Å². The molecule has 0 bridgehead atoms. The molecule has 7 rings (SSSR count). The minimum Gasteiger partial charge on any atom is -0.202 e. The van der Waals surface area contributed by atoms with Crippen LogP contribution in [0.3, 0.4) is 0 Å². The van der Waals surface area contributed by atoms with Crippen molar-refractivity contribution in [1.82, 2.24) is 0 Å². The van der Waals surface area contributed by atoms with E-state index < -0.39 is 0 Å². The van der Waals surface area contributed by atoms with E-state index in [4.69, 9.17) is 0 Å². The summed E-state index contributed by atoms with van der Waals surface area (Å²) in [6, 6.07) is 46.5. The average Bonchev–Trinajstić information content (AvgIpc) is 2.84. The van der Waals surface area contributed by atoms with Gasteiger partial charge in [-0.2, -0.15) is 29.8 Å². The van der Waals surface area contributed by atoms with Gasteiger partial charge >= 0.3 is 0 Å². The Balaban J connectivity index is 0.00000206. The third-order valence-electron chi connectivity index (χ3n) is 6.52. The van der Waals surface area contributed by atoms with Crippen molar-refractivity contribution in [2.45, 2.75) is 0 Å². The van der Waals surface area contributed by atoms with E-state index in [1.54, 1.807) is 0 Å². The molecule has 1 radical (unpaired) electrons. The molecule has 0 nitrogen and oxygen atoms in total. The van der Waals surface area contributed by atoms with Crippen molar-refractivity contribution in [3.05, 3.63) is 121 Å². The number of hydrogen-bond acceptors (Lipinski definition) is 0. The van der Waals surface area contributed by atoms with Gasteiger partial charge in [0.05, 0.1) is 0 Å². The Bertz CT molecular complexity index is 1830. The maximum Gasteiger partial charge on any atom is 0 e. The Labute approximate surface area is 217 Å². The van der Waals surface area contributed by atoms with Crippen molar-refractivity contribution in [3.63, 3.8) is 0 Å². The van der Waals surface area contributed by atoms with Crippen molar-refractivity contribution in [2.24, 2.45) is 0 Å². The van der Waals surface area contributed by atoms with Crippen LogP contribution in [-0.2, 0) is 32.7 Å². The van der Waals surface area contributed by atoms with E-state index in [1.807, 2.05) is 6.07 Å². The van der Waals surface area contributed by atoms with Crippen molar-refractivity contribution in [1.29, 1.82) is 0 Å². The third-order valence-corrected chi connectivity index (χ3v) is 6.52. The number of rotatable bonds is 1. The first kappa shape index (κ1) is 20.5. The van der Waals surface area contributed by atoms with Gasteiger partial charge < -0.3 is 0 Å². The van der Waals surface area contributed by atoms with E-state index in [0.29, 0.717) is 0 Å². The van der Waals surface area contributed by atoms with Crippen LogP contribution >= 0.6 is 0 Å². The molecule has 0 atom stereocenters. The first-order valence-corrected chi connectivity index (χ1v) is 10.9. The van der Waals surface area contributed by atoms with Crippen molar-refractivity contribution >= 4 is 53.9 Å². The van der Waals surface area contributed by atoms with Gasteiger partial charge in [-0.1, -0.05) is 83.6 Å². The fourth-order valence-electron chi connectivity index (χ4n) is 4.89. The van der Waals surface area contributed by atoms with Crippen LogP contribution in [0.25, 0.3) is 65.0 Å². The quantitative estimate of drug-likeness (QED) is 0.159. The molecular formula is C32H18Y-2. The number of benzene rings is 7. The molecule has 1 heteroatoms. The smallest absolute Gasteiger partial charge is 0 e. The Kier molecular flexibility index (Phi) is 5.02. The molecule has 7 aromatic rings. The van der Waals surface area contributed by atoms with Crippen LogP contribution in [0, 0.1) is 12.1 Å². The largest absolute Gasteiger partial charge is 0.202 e. The van der Waals surface area contributed by atoms with Crippen LogP contribution < -0.4 is 0 Å². The third kappa shape index (κ3) is 3.46. The van der Waals surface area contributed by atoms with E-state index in [-0.39, 0.29) is 32.7 Å². The molecule has 0 aliphatic rings. The van der Waals surface area contributed by atoms with Gasteiger partial charge in [-0.15, -0.1) is 34.4 Å². The molecule has 7 aromatic carbocycles. The zero-order valence-corrected chi connectivity index (χ0v) is 20.8. The molecule has 0 fully saturated rings. The molecule has 0 aromatic heterocycles. The van der Waals surface area contributed by atoms with E-state index in [2.05, 4.69) is 115 Å². The van der Waals surface area contributed by atoms with Crippen LogP contribution in [0.5, 0.6) is 0 Å². The topological polar surface area (TPSA) is 0 Å². The molecule has 0 amide bonds. The summed E-state index contributed by atoms with van der Waals surface area (Å²) in [5.74, 6) is 0. The molecule has 151 valence electrons. The Morgan fingerprint density at radius 3 is 1.73 bits per heavy atom. The minimum atomic E-state index is 0. The Morgan fingerprint density at radius 1 is 0.455 bits per heavy atom. The molecular weight excluding hydrogens is 473 g/mol. The van der Waals surface area contributed by atoms with Gasteiger partial charge in [0.2, 0.25) is 0 Å². The Morgan fingerprint density at radius 2 is 1.03 bits per heavy atom. The van der Waals surface area contributed by atoms with Crippen LogP contribution in [0.2, 0.25) is 0 Å². The summed E-state index contributed by atoms with van der Waals surface area (Å²) in [5, 5.41) is 12.4. The fraction of sp³-hybridized carbons (Fsp3) is 0. The summed E-state index contributed by atoms with van der Waals surface area (Å²) in [4.78, 5) is 0. The summed E-state index contributed by atoms with van der Waals surface area (Å²) >= 11 is 0. The van der Waals surface area contributed by atoms with Crippen LogP contribution in [0.1, 0.15) is 0 Å². The molecule has 0 saturated heterocycles. The molecule has 0 heterocycles. The second kappa shape index (κ2) is 8.06. The summed E-state index contributed by atoms with van der Waals surface area (Å²) in [6.07, 6.45) is 0. The van der Waals surface area contributed by atoms with Crippen LogP contribution in [-0.4, -0.2) is 0 Å². The second-order valence-electron chi connectivity index (χ2n) is 8.50. The van der Waals surface area contributed by atoms with Crippen LogP contribution in [0.15, 0.2) is 109 Å². The maximum atomic E-state index is 3.69. The number of fused-ring (bicyclic) bond motifs is 5. The van der Waals surface area contributed by atoms with Gasteiger partial charge in [0.25, 0.3) is 0 Å². The predicted octanol–water partition coefficient (Wildman–Crippen LogP) is 8.72. The van der Waals surface area contributed by atoms with Gasteiger partial charge in [-0.05, 0) is 33.0 Å². The summed E-state index contributed by atoms with van der Waals surface area (Å²) in [7, 11) is 0. The van der Waals surface area contributed by atoms with E-state index in [9.17, 15) is 0 Å². The summed E-state index contributed by atoms with van der Waals surface area (Å²) < 4.78 is 0. The van der Waals surface area contributed by atoms with Crippen LogP contribution in [0.4, 0.5) is 0 Å². The summed E-state index contributed by atoms with van der Waals surface area (Å²) in [5.41, 5.74) is 2.19. The monoisotopic (exact) mass is 491 g/mol. The molecule has 0 N–H and O–H groups in total. The number of hydrogen-bond donors (Lipinski definition) is 0. The normalized spacial score (nSPS) is 11.4. The summed E-state index contributed by atoms with van der Waals surface area (Å²) in [6.45, 7) is 0. The van der Waals surface area contributed by atoms with Crippen molar-refractivity contribution in [2.75, 3.05) is 0 Å². The van der Waals surface area contributed by atoms with E-state index >= 15 is 0 Å². The Hall–Kier alpha value is -3.06. The first-order chi connectivity index (χ1) is 15.8. The minimum absolute atomic E-state index is 0. The van der Waals surface area contributed by atoms with Gasteiger partial charge in [0.1, 0.15) is 0 Å². The molecule has 0 aliphatic carbocycles. The molecule has 0 spiro atoms. The molecule has 0 unspecified atom stereocenters. The zero-order chi connectivity index (χ0) is 21.1. The standard InChI is InChI=1S/C32H18.Y/c1-2-8-23-16-30-19-28-18-27(13-12-25(28)17-29(30)15-22(23)7-1)31-11-5-10-26-14-21-6-3-4-9-24(21)20-32(26)31;/h1-10,12-17,19-20H;/q-2;. The van der Waals surface area contributed by atoms with Gasteiger partial charge in [-0.25, -0.2) is 5.56 Å². The average molecular weight is 491 g/mol. The van der Waals surface area contributed by atoms with E-state index in [0.717, 1.165) is 16.5 Å². The van der Waals surface area contributed by atoms with E-state index in [1.165, 1.54) is 48.5 Å². The molecule has 33 heavy (non-hydrogen) atoms. The van der Waals surface area contributed by atoms with Gasteiger partial charge in [0.15, 0.2) is 0 Å². The fourth-order valence-corrected chi connectivity index (χ4v) is 4.89. The van der Waals surface area contributed by atoms with Crippen molar-refractivity contribution < 1.29 is 32.7 Å². The SMILES string of the molecule is [Y].[c-]1ccc2cc3ccccc3cc2c1-c1[c-]c2cc3cc4ccccc4cc3cc2cc1.